The Bertz CT molecular complexity index is 1700. The highest BCUT2D eigenvalue weighted by molar-refractivity contribution is 9.10. The van der Waals surface area contributed by atoms with Crippen LogP contribution in [0.1, 0.15) is 30.5 Å². The van der Waals surface area contributed by atoms with E-state index in [9.17, 15) is 18.0 Å². The SMILES string of the molecule is Cc1ccc(Cl)cc1N(CC(=O)N(Cc1ccc(Br)cc1)[C@H](Cc1ccccc1)C(=O)NCC(C)C)S(=O)(=O)c1ccccc1. The van der Waals surface area contributed by atoms with E-state index in [2.05, 4.69) is 21.2 Å². The Morgan fingerprint density at radius 3 is 2.11 bits per heavy atom. The van der Waals surface area contributed by atoms with Crippen molar-refractivity contribution in [2.24, 2.45) is 5.92 Å². The number of benzene rings is 4. The summed E-state index contributed by atoms with van der Waals surface area (Å²) in [4.78, 5) is 29.9. The number of amides is 2. The number of hydrogen-bond donors (Lipinski definition) is 1. The van der Waals surface area contributed by atoms with Gasteiger partial charge >= 0.3 is 0 Å². The van der Waals surface area contributed by atoms with Crippen LogP contribution in [0.4, 0.5) is 5.69 Å². The van der Waals surface area contributed by atoms with Crippen LogP contribution in [0.2, 0.25) is 5.02 Å². The van der Waals surface area contributed by atoms with Crippen molar-refractivity contribution in [3.8, 4) is 0 Å². The molecule has 2 amide bonds. The lowest BCUT2D eigenvalue weighted by Crippen LogP contribution is -2.53. The van der Waals surface area contributed by atoms with Crippen molar-refractivity contribution >= 4 is 55.1 Å². The normalized spacial score (nSPS) is 12.0. The maximum Gasteiger partial charge on any atom is 0.264 e. The van der Waals surface area contributed by atoms with Crippen LogP contribution < -0.4 is 9.62 Å². The summed E-state index contributed by atoms with van der Waals surface area (Å²) in [5.41, 5.74) is 2.57. The predicted molar refractivity (Wildman–Crippen MR) is 184 cm³/mol. The number of anilines is 1. The number of halogens is 2. The third kappa shape index (κ3) is 9.19. The van der Waals surface area contributed by atoms with Crippen molar-refractivity contribution in [3.63, 3.8) is 0 Å². The zero-order valence-electron chi connectivity index (χ0n) is 25.5. The molecule has 0 radical (unpaired) electrons. The lowest BCUT2D eigenvalue weighted by molar-refractivity contribution is -0.140. The molecule has 0 saturated carbocycles. The van der Waals surface area contributed by atoms with Crippen LogP contribution in [0.15, 0.2) is 112 Å². The fraction of sp³-hybridized carbons (Fsp3) is 0.257. The fourth-order valence-electron chi connectivity index (χ4n) is 4.85. The highest BCUT2D eigenvalue weighted by atomic mass is 79.9. The summed E-state index contributed by atoms with van der Waals surface area (Å²) in [6, 6.07) is 28.9. The van der Waals surface area contributed by atoms with Crippen molar-refractivity contribution < 1.29 is 18.0 Å². The van der Waals surface area contributed by atoms with Gasteiger partial charge < -0.3 is 10.2 Å². The second-order valence-corrected chi connectivity index (χ2v) is 14.5. The highest BCUT2D eigenvalue weighted by Crippen LogP contribution is 2.30. The van der Waals surface area contributed by atoms with Gasteiger partial charge in [0.1, 0.15) is 12.6 Å². The van der Waals surface area contributed by atoms with E-state index in [0.29, 0.717) is 17.1 Å². The van der Waals surface area contributed by atoms with Crippen LogP contribution in [0.3, 0.4) is 0 Å². The van der Waals surface area contributed by atoms with E-state index in [4.69, 9.17) is 11.6 Å². The Hall–Kier alpha value is -3.66. The van der Waals surface area contributed by atoms with Gasteiger partial charge in [0.05, 0.1) is 10.6 Å². The maximum absolute atomic E-state index is 14.5. The molecular formula is C35H37BrClN3O4S. The highest BCUT2D eigenvalue weighted by Gasteiger charge is 2.35. The standard InChI is InChI=1S/C35H37BrClN3O4S/c1-25(2)22-38-35(42)33(20-27-10-6-4-7-11-27)39(23-28-15-17-29(36)18-16-28)34(41)24-40(32-21-30(37)19-14-26(32)3)45(43,44)31-12-8-5-9-13-31/h4-19,21,25,33H,20,22-24H2,1-3H3,(H,38,42)/t33-/m1/s1. The summed E-state index contributed by atoms with van der Waals surface area (Å²) in [7, 11) is -4.21. The van der Waals surface area contributed by atoms with E-state index in [0.717, 1.165) is 19.9 Å². The van der Waals surface area contributed by atoms with Crippen molar-refractivity contribution in [1.82, 2.24) is 10.2 Å². The van der Waals surface area contributed by atoms with Gasteiger partial charge in [-0.05, 0) is 65.9 Å². The molecule has 10 heteroatoms. The second kappa shape index (κ2) is 15.6. The van der Waals surface area contributed by atoms with Gasteiger partial charge in [0.15, 0.2) is 0 Å². The Morgan fingerprint density at radius 2 is 1.49 bits per heavy atom. The predicted octanol–water partition coefficient (Wildman–Crippen LogP) is 7.02. The lowest BCUT2D eigenvalue weighted by Gasteiger charge is -2.34. The van der Waals surface area contributed by atoms with Crippen LogP contribution in [0, 0.1) is 12.8 Å². The Morgan fingerprint density at radius 1 is 0.867 bits per heavy atom. The summed E-state index contributed by atoms with van der Waals surface area (Å²) in [5.74, 6) is -0.647. The number of sulfonamides is 1. The number of rotatable bonds is 13. The fourth-order valence-corrected chi connectivity index (χ4v) is 6.77. The van der Waals surface area contributed by atoms with Crippen molar-refractivity contribution in [2.75, 3.05) is 17.4 Å². The van der Waals surface area contributed by atoms with Gasteiger partial charge in [-0.1, -0.05) is 108 Å². The molecule has 4 rings (SSSR count). The van der Waals surface area contributed by atoms with Crippen LogP contribution >= 0.6 is 27.5 Å². The van der Waals surface area contributed by atoms with Gasteiger partial charge in [-0.25, -0.2) is 8.42 Å². The molecule has 0 aromatic heterocycles. The molecular weight excluding hydrogens is 674 g/mol. The van der Waals surface area contributed by atoms with E-state index < -0.39 is 28.5 Å². The topological polar surface area (TPSA) is 86.8 Å². The molecule has 0 bridgehead atoms. The third-order valence-electron chi connectivity index (χ3n) is 7.27. The second-order valence-electron chi connectivity index (χ2n) is 11.2. The molecule has 0 unspecified atom stereocenters. The molecule has 0 aliphatic carbocycles. The molecule has 45 heavy (non-hydrogen) atoms. The van der Waals surface area contributed by atoms with Crippen LogP contribution in [-0.2, 0) is 32.6 Å². The number of aryl methyl sites for hydroxylation is 1. The van der Waals surface area contributed by atoms with Gasteiger partial charge in [-0.3, -0.25) is 13.9 Å². The van der Waals surface area contributed by atoms with Crippen molar-refractivity contribution in [1.29, 1.82) is 0 Å². The van der Waals surface area contributed by atoms with Gasteiger partial charge in [0.25, 0.3) is 10.0 Å². The van der Waals surface area contributed by atoms with E-state index >= 15 is 0 Å². The first-order valence-electron chi connectivity index (χ1n) is 14.6. The minimum Gasteiger partial charge on any atom is -0.354 e. The molecule has 1 N–H and O–H groups in total. The largest absolute Gasteiger partial charge is 0.354 e. The number of nitrogens with one attached hydrogen (secondary N) is 1. The number of nitrogens with zero attached hydrogens (tertiary/aromatic N) is 2. The molecule has 0 aliphatic heterocycles. The first-order chi connectivity index (χ1) is 21.5. The summed E-state index contributed by atoms with van der Waals surface area (Å²) >= 11 is 9.80. The Labute approximate surface area is 279 Å². The molecule has 0 heterocycles. The minimum atomic E-state index is -4.21. The first-order valence-corrected chi connectivity index (χ1v) is 17.3. The molecule has 0 fully saturated rings. The van der Waals surface area contributed by atoms with Gasteiger partial charge in [-0.2, -0.15) is 0 Å². The molecule has 1 atom stereocenters. The van der Waals surface area contributed by atoms with Crippen LogP contribution in [0.25, 0.3) is 0 Å². The Balaban J connectivity index is 1.82. The first kappa shape index (κ1) is 34.2. The Kier molecular flexibility index (Phi) is 11.8. The molecule has 4 aromatic carbocycles. The molecule has 0 aliphatic rings. The van der Waals surface area contributed by atoms with E-state index in [1.165, 1.54) is 17.0 Å². The smallest absolute Gasteiger partial charge is 0.264 e. The quantitative estimate of drug-likeness (QED) is 0.162. The zero-order valence-corrected chi connectivity index (χ0v) is 28.6. The van der Waals surface area contributed by atoms with E-state index in [1.807, 2.05) is 68.4 Å². The number of carbonyl (C=O) groups excluding carboxylic acids is 2. The van der Waals surface area contributed by atoms with Crippen molar-refractivity contribution in [2.45, 2.75) is 44.7 Å². The summed E-state index contributed by atoms with van der Waals surface area (Å²) in [5, 5.41) is 3.33. The zero-order chi connectivity index (χ0) is 32.6. The summed E-state index contributed by atoms with van der Waals surface area (Å²) in [6.07, 6.45) is 0.245. The number of hydrogen-bond acceptors (Lipinski definition) is 4. The van der Waals surface area contributed by atoms with Gasteiger partial charge in [-0.15, -0.1) is 0 Å². The lowest BCUT2D eigenvalue weighted by atomic mass is 10.0. The molecule has 236 valence electrons. The minimum absolute atomic E-state index is 0.0344. The molecule has 0 saturated heterocycles. The molecule has 7 nitrogen and oxygen atoms in total. The maximum atomic E-state index is 14.5. The molecule has 4 aromatic rings. The summed E-state index contributed by atoms with van der Waals surface area (Å²) in [6.45, 7) is 5.74. The van der Waals surface area contributed by atoms with Crippen LogP contribution in [-0.4, -0.2) is 44.3 Å². The van der Waals surface area contributed by atoms with Crippen LogP contribution in [0.5, 0.6) is 0 Å². The number of carbonyl (C=O) groups is 2. The van der Waals surface area contributed by atoms with Gasteiger partial charge in [0, 0.05) is 29.0 Å². The average Bonchev–Trinajstić information content (AvgIpc) is 3.03. The van der Waals surface area contributed by atoms with E-state index in [-0.39, 0.29) is 35.4 Å². The summed E-state index contributed by atoms with van der Waals surface area (Å²) < 4.78 is 30.3. The average molecular weight is 711 g/mol. The monoisotopic (exact) mass is 709 g/mol. The van der Waals surface area contributed by atoms with Crippen molar-refractivity contribution in [3.05, 3.63) is 129 Å². The third-order valence-corrected chi connectivity index (χ3v) is 9.81. The molecule has 0 spiro atoms. The van der Waals surface area contributed by atoms with E-state index in [1.54, 1.807) is 43.3 Å². The van der Waals surface area contributed by atoms with Gasteiger partial charge in [0.2, 0.25) is 11.8 Å².